The highest BCUT2D eigenvalue weighted by Gasteiger charge is 2.26. The molecule has 2 rings (SSSR count). The maximum Gasteiger partial charge on any atom is 0.159 e. The van der Waals surface area contributed by atoms with Gasteiger partial charge < -0.3 is 14.2 Å². The molecule has 9 heavy (non-hydrogen) atoms. The smallest absolute Gasteiger partial charge is 0.159 e. The molecule has 0 spiro atoms. The van der Waals surface area contributed by atoms with Gasteiger partial charge in [0.25, 0.3) is 0 Å². The summed E-state index contributed by atoms with van der Waals surface area (Å²) in [4.78, 5) is 0. The van der Waals surface area contributed by atoms with Crippen LogP contribution < -0.4 is 0 Å². The van der Waals surface area contributed by atoms with Gasteiger partial charge in [0.05, 0.1) is 19.8 Å². The Hall–Kier alpha value is -0.120. The molecular formula is C6H10O3. The van der Waals surface area contributed by atoms with Crippen LogP contribution in [0.1, 0.15) is 6.42 Å². The lowest BCUT2D eigenvalue weighted by molar-refractivity contribution is -0.215. The summed E-state index contributed by atoms with van der Waals surface area (Å²) in [5.41, 5.74) is 0. The van der Waals surface area contributed by atoms with Crippen molar-refractivity contribution in [3.63, 3.8) is 0 Å². The molecular weight excluding hydrogens is 120 g/mol. The van der Waals surface area contributed by atoms with Crippen molar-refractivity contribution >= 4 is 0 Å². The van der Waals surface area contributed by atoms with Gasteiger partial charge >= 0.3 is 0 Å². The van der Waals surface area contributed by atoms with Crippen LogP contribution in [0.3, 0.4) is 0 Å². The van der Waals surface area contributed by atoms with E-state index in [9.17, 15) is 0 Å². The van der Waals surface area contributed by atoms with Crippen molar-refractivity contribution < 1.29 is 14.2 Å². The Morgan fingerprint density at radius 3 is 2.67 bits per heavy atom. The monoisotopic (exact) mass is 130 g/mol. The fourth-order valence-corrected chi connectivity index (χ4v) is 0.724. The van der Waals surface area contributed by atoms with Crippen LogP contribution >= 0.6 is 0 Å². The Morgan fingerprint density at radius 2 is 2.22 bits per heavy atom. The second-order valence-electron chi connectivity index (χ2n) is 2.38. The Bertz CT molecular complexity index is 96.5. The first-order chi connectivity index (χ1) is 4.45. The van der Waals surface area contributed by atoms with Crippen LogP contribution in [0.25, 0.3) is 0 Å². The average Bonchev–Trinajstić information content (AvgIpc) is 2.44. The van der Waals surface area contributed by atoms with Crippen molar-refractivity contribution in [1.29, 1.82) is 0 Å². The maximum atomic E-state index is 5.25. The van der Waals surface area contributed by atoms with Crippen LogP contribution in [0.2, 0.25) is 0 Å². The highest BCUT2D eigenvalue weighted by Crippen LogP contribution is 2.16. The zero-order valence-electron chi connectivity index (χ0n) is 5.21. The van der Waals surface area contributed by atoms with E-state index in [2.05, 4.69) is 0 Å². The number of hydrogen-bond donors (Lipinski definition) is 0. The summed E-state index contributed by atoms with van der Waals surface area (Å²) in [6.45, 7) is 2.44. The molecule has 2 heterocycles. The van der Waals surface area contributed by atoms with Gasteiger partial charge in [-0.2, -0.15) is 0 Å². The third kappa shape index (κ3) is 1.41. The predicted octanol–water partition coefficient (Wildman–Crippen LogP) is 0.148. The minimum Gasteiger partial charge on any atom is -0.371 e. The van der Waals surface area contributed by atoms with Crippen LogP contribution in [0.4, 0.5) is 0 Å². The first-order valence-electron chi connectivity index (χ1n) is 3.30. The second kappa shape index (κ2) is 2.25. The molecule has 2 unspecified atom stereocenters. The van der Waals surface area contributed by atoms with E-state index in [0.29, 0.717) is 12.7 Å². The van der Waals surface area contributed by atoms with Crippen molar-refractivity contribution in [2.75, 3.05) is 19.8 Å². The molecule has 52 valence electrons. The predicted molar refractivity (Wildman–Crippen MR) is 30.0 cm³/mol. The highest BCUT2D eigenvalue weighted by molar-refractivity contribution is 4.68. The Balaban J connectivity index is 1.55. The Labute approximate surface area is 53.9 Å². The van der Waals surface area contributed by atoms with Crippen LogP contribution in [-0.4, -0.2) is 32.2 Å². The molecule has 2 aliphatic heterocycles. The normalized spacial score (nSPS) is 40.0. The number of epoxide rings is 1. The van der Waals surface area contributed by atoms with Gasteiger partial charge in [0.1, 0.15) is 6.10 Å². The van der Waals surface area contributed by atoms with E-state index in [-0.39, 0.29) is 6.29 Å². The first-order valence-corrected chi connectivity index (χ1v) is 3.30. The largest absolute Gasteiger partial charge is 0.371 e. The van der Waals surface area contributed by atoms with Crippen molar-refractivity contribution in [3.8, 4) is 0 Å². The molecule has 0 aromatic heterocycles. The van der Waals surface area contributed by atoms with Crippen molar-refractivity contribution in [1.82, 2.24) is 0 Å². The third-order valence-corrected chi connectivity index (χ3v) is 1.53. The first kappa shape index (κ1) is 5.65. The molecule has 0 bridgehead atoms. The molecule has 2 atom stereocenters. The quantitative estimate of drug-likeness (QED) is 0.509. The molecule has 0 aliphatic carbocycles. The highest BCUT2D eigenvalue weighted by atomic mass is 16.7. The van der Waals surface area contributed by atoms with Gasteiger partial charge in [-0.1, -0.05) is 0 Å². The summed E-state index contributed by atoms with van der Waals surface area (Å²) < 4.78 is 15.2. The van der Waals surface area contributed by atoms with E-state index in [1.807, 2.05) is 0 Å². The molecule has 2 fully saturated rings. The fourth-order valence-electron chi connectivity index (χ4n) is 0.724. The SMILES string of the molecule is C1CC(OCC2CO2)O1. The molecule has 0 amide bonds. The third-order valence-electron chi connectivity index (χ3n) is 1.53. The molecule has 0 radical (unpaired) electrons. The number of hydrogen-bond acceptors (Lipinski definition) is 3. The van der Waals surface area contributed by atoms with Gasteiger partial charge in [-0.05, 0) is 0 Å². The van der Waals surface area contributed by atoms with Gasteiger partial charge in [-0.25, -0.2) is 0 Å². The molecule has 0 aromatic carbocycles. The lowest BCUT2D eigenvalue weighted by Gasteiger charge is -2.25. The molecule has 2 saturated heterocycles. The summed E-state index contributed by atoms with van der Waals surface area (Å²) >= 11 is 0. The van der Waals surface area contributed by atoms with E-state index >= 15 is 0 Å². The summed E-state index contributed by atoms with van der Waals surface area (Å²) in [6, 6.07) is 0. The van der Waals surface area contributed by atoms with Crippen LogP contribution in [-0.2, 0) is 14.2 Å². The van der Waals surface area contributed by atoms with Crippen molar-refractivity contribution in [3.05, 3.63) is 0 Å². The summed E-state index contributed by atoms with van der Waals surface area (Å²) in [7, 11) is 0. The summed E-state index contributed by atoms with van der Waals surface area (Å²) in [6.07, 6.45) is 1.50. The van der Waals surface area contributed by atoms with Crippen molar-refractivity contribution in [2.45, 2.75) is 18.8 Å². The average molecular weight is 130 g/mol. The number of ether oxygens (including phenoxy) is 3. The molecule has 0 N–H and O–H groups in total. The minimum absolute atomic E-state index is 0.0780. The van der Waals surface area contributed by atoms with Crippen molar-refractivity contribution in [2.24, 2.45) is 0 Å². The molecule has 3 nitrogen and oxygen atoms in total. The molecule has 0 aromatic rings. The Kier molecular flexibility index (Phi) is 1.41. The zero-order chi connectivity index (χ0) is 6.10. The minimum atomic E-state index is 0.0780. The van der Waals surface area contributed by atoms with E-state index in [4.69, 9.17) is 14.2 Å². The van der Waals surface area contributed by atoms with E-state index in [0.717, 1.165) is 19.6 Å². The van der Waals surface area contributed by atoms with E-state index in [1.54, 1.807) is 0 Å². The Morgan fingerprint density at radius 1 is 1.44 bits per heavy atom. The maximum absolute atomic E-state index is 5.25. The van der Waals surface area contributed by atoms with Crippen LogP contribution in [0.5, 0.6) is 0 Å². The van der Waals surface area contributed by atoms with E-state index in [1.165, 1.54) is 0 Å². The second-order valence-corrected chi connectivity index (χ2v) is 2.38. The molecule has 3 heteroatoms. The van der Waals surface area contributed by atoms with Gasteiger partial charge in [-0.3, -0.25) is 0 Å². The summed E-state index contributed by atoms with van der Waals surface area (Å²) in [5.74, 6) is 0. The van der Waals surface area contributed by atoms with Gasteiger partial charge in [-0.15, -0.1) is 0 Å². The topological polar surface area (TPSA) is 31.0 Å². The number of rotatable bonds is 3. The standard InChI is InChI=1S/C6H10O3/c1-2-7-6(1)9-4-5-3-8-5/h5-6H,1-4H2. The fraction of sp³-hybridized carbons (Fsp3) is 1.00. The zero-order valence-corrected chi connectivity index (χ0v) is 5.21. The van der Waals surface area contributed by atoms with Gasteiger partial charge in [0, 0.05) is 6.42 Å². The lowest BCUT2D eigenvalue weighted by atomic mass is 10.3. The van der Waals surface area contributed by atoms with Crippen LogP contribution in [0, 0.1) is 0 Å². The van der Waals surface area contributed by atoms with E-state index < -0.39 is 0 Å². The van der Waals surface area contributed by atoms with Gasteiger partial charge in [0.2, 0.25) is 0 Å². The summed E-state index contributed by atoms with van der Waals surface area (Å²) in [5, 5.41) is 0. The van der Waals surface area contributed by atoms with Crippen LogP contribution in [0.15, 0.2) is 0 Å². The molecule has 2 aliphatic rings. The van der Waals surface area contributed by atoms with Gasteiger partial charge in [0.15, 0.2) is 6.29 Å². The lowest BCUT2D eigenvalue weighted by Crippen LogP contribution is -2.30. The molecule has 0 saturated carbocycles.